The topological polar surface area (TPSA) is 52.0 Å². The summed E-state index contributed by atoms with van der Waals surface area (Å²) >= 11 is 0. The summed E-state index contributed by atoms with van der Waals surface area (Å²) in [5.41, 5.74) is 7.53. The third-order valence-electron chi connectivity index (χ3n) is 3.21. The average molecular weight is 292 g/mol. The molecule has 0 aliphatic rings. The first kappa shape index (κ1) is 13.5. The Kier molecular flexibility index (Phi) is 2.90. The van der Waals surface area contributed by atoms with Gasteiger partial charge in [0.25, 0.3) is 0 Å². The monoisotopic (exact) mass is 292 g/mol. The molecule has 0 atom stereocenters. The molecule has 2 aromatic carbocycles. The molecule has 1 heterocycles. The normalized spacial score (nSPS) is 12.0. The molecule has 3 rings (SSSR count). The zero-order chi connectivity index (χ0) is 15.2. The number of halogens is 3. The number of rotatable bonds is 1. The molecule has 0 unspecified atom stereocenters. The summed E-state index contributed by atoms with van der Waals surface area (Å²) < 4.78 is 43.6. The van der Waals surface area contributed by atoms with E-state index in [1.54, 1.807) is 18.2 Å². The van der Waals surface area contributed by atoms with Gasteiger partial charge in [-0.2, -0.15) is 13.2 Å². The standard InChI is InChI=1S/C15H11F3N2O/c1-8-2-4-10(19)7-11(8)14-20-12-6-9(15(16,17)18)3-5-13(12)21-14/h2-7H,19H2,1H3. The molecule has 3 nitrogen and oxygen atoms in total. The van der Waals surface area contributed by atoms with Gasteiger partial charge in [0, 0.05) is 11.3 Å². The number of alkyl halides is 3. The minimum atomic E-state index is -4.40. The molecular weight excluding hydrogens is 281 g/mol. The van der Waals surface area contributed by atoms with Crippen LogP contribution < -0.4 is 5.73 Å². The van der Waals surface area contributed by atoms with Crippen LogP contribution in [0, 0.1) is 6.92 Å². The van der Waals surface area contributed by atoms with E-state index >= 15 is 0 Å². The highest BCUT2D eigenvalue weighted by Crippen LogP contribution is 2.33. The second kappa shape index (κ2) is 4.51. The van der Waals surface area contributed by atoms with Gasteiger partial charge in [0.05, 0.1) is 5.56 Å². The van der Waals surface area contributed by atoms with E-state index in [1.165, 1.54) is 6.07 Å². The maximum atomic E-state index is 12.7. The fourth-order valence-corrected chi connectivity index (χ4v) is 2.09. The number of fused-ring (bicyclic) bond motifs is 1. The van der Waals surface area contributed by atoms with Gasteiger partial charge in [-0.3, -0.25) is 0 Å². The highest BCUT2D eigenvalue weighted by Gasteiger charge is 2.31. The van der Waals surface area contributed by atoms with E-state index < -0.39 is 11.7 Å². The van der Waals surface area contributed by atoms with Crippen molar-refractivity contribution in [3.63, 3.8) is 0 Å². The quantitative estimate of drug-likeness (QED) is 0.676. The molecule has 0 fully saturated rings. The molecule has 0 bridgehead atoms. The number of hydrogen-bond acceptors (Lipinski definition) is 3. The second-order valence-corrected chi connectivity index (χ2v) is 4.77. The largest absolute Gasteiger partial charge is 0.436 e. The summed E-state index contributed by atoms with van der Waals surface area (Å²) in [5, 5.41) is 0. The summed E-state index contributed by atoms with van der Waals surface area (Å²) in [5.74, 6) is 0.258. The van der Waals surface area contributed by atoms with Gasteiger partial charge in [-0.15, -0.1) is 0 Å². The van der Waals surface area contributed by atoms with Crippen molar-refractivity contribution in [2.75, 3.05) is 5.73 Å². The van der Waals surface area contributed by atoms with Gasteiger partial charge >= 0.3 is 6.18 Å². The van der Waals surface area contributed by atoms with Crippen LogP contribution in [0.15, 0.2) is 40.8 Å². The second-order valence-electron chi connectivity index (χ2n) is 4.77. The van der Waals surface area contributed by atoms with Gasteiger partial charge < -0.3 is 10.2 Å². The van der Waals surface area contributed by atoms with Crippen LogP contribution in [0.1, 0.15) is 11.1 Å². The van der Waals surface area contributed by atoms with Crippen LogP contribution in [-0.4, -0.2) is 4.98 Å². The molecule has 0 saturated carbocycles. The number of benzene rings is 2. The number of nitrogens with zero attached hydrogens (tertiary/aromatic N) is 1. The van der Waals surface area contributed by atoms with Gasteiger partial charge in [-0.25, -0.2) is 4.98 Å². The smallest absolute Gasteiger partial charge is 0.416 e. The zero-order valence-electron chi connectivity index (χ0n) is 11.0. The lowest BCUT2D eigenvalue weighted by atomic mass is 10.1. The Bertz CT molecular complexity index is 821. The van der Waals surface area contributed by atoms with E-state index in [0.717, 1.165) is 17.7 Å². The molecule has 2 N–H and O–H groups in total. The molecule has 0 amide bonds. The Morgan fingerprint density at radius 1 is 1.10 bits per heavy atom. The van der Waals surface area contributed by atoms with Gasteiger partial charge in [0.2, 0.25) is 5.89 Å². The van der Waals surface area contributed by atoms with Crippen LogP contribution in [0.2, 0.25) is 0 Å². The maximum absolute atomic E-state index is 12.7. The minimum Gasteiger partial charge on any atom is -0.436 e. The maximum Gasteiger partial charge on any atom is 0.416 e. The molecule has 6 heteroatoms. The first-order valence-electron chi connectivity index (χ1n) is 6.19. The number of nitrogens with two attached hydrogens (primary N) is 1. The van der Waals surface area contributed by atoms with E-state index in [-0.39, 0.29) is 11.4 Å². The molecular formula is C15H11F3N2O. The molecule has 0 radical (unpaired) electrons. The predicted octanol–water partition coefficient (Wildman–Crippen LogP) is 4.40. The van der Waals surface area contributed by atoms with Crippen LogP contribution in [0.4, 0.5) is 18.9 Å². The molecule has 1 aromatic heterocycles. The molecule has 21 heavy (non-hydrogen) atoms. The third kappa shape index (κ3) is 2.44. The number of hydrogen-bond donors (Lipinski definition) is 1. The fourth-order valence-electron chi connectivity index (χ4n) is 2.09. The summed E-state index contributed by atoms with van der Waals surface area (Å²) in [6, 6.07) is 8.46. The summed E-state index contributed by atoms with van der Waals surface area (Å²) in [7, 11) is 0. The van der Waals surface area contributed by atoms with Gasteiger partial charge in [-0.05, 0) is 42.8 Å². The lowest BCUT2D eigenvalue weighted by Crippen LogP contribution is -2.03. The van der Waals surface area contributed by atoms with Crippen molar-refractivity contribution >= 4 is 16.8 Å². The van der Waals surface area contributed by atoms with E-state index in [4.69, 9.17) is 10.2 Å². The number of aromatic nitrogens is 1. The third-order valence-corrected chi connectivity index (χ3v) is 3.21. The lowest BCUT2D eigenvalue weighted by molar-refractivity contribution is -0.137. The van der Waals surface area contributed by atoms with Crippen LogP contribution >= 0.6 is 0 Å². The first-order valence-corrected chi connectivity index (χ1v) is 6.19. The summed E-state index contributed by atoms with van der Waals surface area (Å²) in [4.78, 5) is 4.14. The van der Waals surface area contributed by atoms with Crippen LogP contribution in [0.5, 0.6) is 0 Å². The lowest BCUT2D eigenvalue weighted by Gasteiger charge is -2.04. The van der Waals surface area contributed by atoms with Crippen molar-refractivity contribution < 1.29 is 17.6 Å². The predicted molar refractivity (Wildman–Crippen MR) is 73.6 cm³/mol. The highest BCUT2D eigenvalue weighted by molar-refractivity contribution is 5.78. The number of nitrogen functional groups attached to an aromatic ring is 1. The molecule has 0 aliphatic carbocycles. The van der Waals surface area contributed by atoms with Crippen molar-refractivity contribution in [2.24, 2.45) is 0 Å². The molecule has 0 spiro atoms. The SMILES string of the molecule is Cc1ccc(N)cc1-c1nc2cc(C(F)(F)F)ccc2o1. The summed E-state index contributed by atoms with van der Waals surface area (Å²) in [6.07, 6.45) is -4.40. The van der Waals surface area contributed by atoms with Crippen LogP contribution in [0.25, 0.3) is 22.6 Å². The minimum absolute atomic E-state index is 0.168. The van der Waals surface area contributed by atoms with Crippen molar-refractivity contribution in [3.05, 3.63) is 47.5 Å². The van der Waals surface area contributed by atoms with Crippen molar-refractivity contribution in [3.8, 4) is 11.5 Å². The van der Waals surface area contributed by atoms with Gasteiger partial charge in [-0.1, -0.05) is 6.07 Å². The molecule has 0 aliphatic heterocycles. The number of anilines is 1. The Hall–Kier alpha value is -2.50. The van der Waals surface area contributed by atoms with Crippen molar-refractivity contribution in [1.29, 1.82) is 0 Å². The Balaban J connectivity index is 2.15. The molecule has 3 aromatic rings. The Morgan fingerprint density at radius 2 is 1.86 bits per heavy atom. The fraction of sp³-hybridized carbons (Fsp3) is 0.133. The van der Waals surface area contributed by atoms with Gasteiger partial charge in [0.15, 0.2) is 5.58 Å². The van der Waals surface area contributed by atoms with Crippen LogP contribution in [0.3, 0.4) is 0 Å². The Labute approximate surface area is 118 Å². The van der Waals surface area contributed by atoms with E-state index in [2.05, 4.69) is 4.98 Å². The molecule has 108 valence electrons. The number of oxazole rings is 1. The van der Waals surface area contributed by atoms with E-state index in [9.17, 15) is 13.2 Å². The van der Waals surface area contributed by atoms with E-state index in [0.29, 0.717) is 16.8 Å². The van der Waals surface area contributed by atoms with Crippen LogP contribution in [-0.2, 0) is 6.18 Å². The zero-order valence-corrected chi connectivity index (χ0v) is 11.0. The number of aryl methyl sites for hydroxylation is 1. The molecule has 0 saturated heterocycles. The van der Waals surface area contributed by atoms with Crippen molar-refractivity contribution in [2.45, 2.75) is 13.1 Å². The highest BCUT2D eigenvalue weighted by atomic mass is 19.4. The Morgan fingerprint density at radius 3 is 2.57 bits per heavy atom. The summed E-state index contributed by atoms with van der Waals surface area (Å²) in [6.45, 7) is 1.85. The first-order chi connectivity index (χ1) is 9.84. The van der Waals surface area contributed by atoms with Gasteiger partial charge in [0.1, 0.15) is 5.52 Å². The van der Waals surface area contributed by atoms with Crippen molar-refractivity contribution in [1.82, 2.24) is 4.98 Å². The average Bonchev–Trinajstić information content (AvgIpc) is 2.83. The van der Waals surface area contributed by atoms with E-state index in [1.807, 2.05) is 6.92 Å².